The van der Waals surface area contributed by atoms with Crippen LogP contribution in [0.5, 0.6) is 0 Å². The van der Waals surface area contributed by atoms with Crippen LogP contribution in [0.4, 0.5) is 4.79 Å². The Balaban J connectivity index is 1.97. The van der Waals surface area contributed by atoms with Gasteiger partial charge in [0, 0.05) is 0 Å². The molecule has 0 aromatic carbocycles. The highest BCUT2D eigenvalue weighted by Gasteiger charge is 2.16. The second kappa shape index (κ2) is 5.08. The molecule has 5 nitrogen and oxygen atoms in total. The maximum atomic E-state index is 10.9. The van der Waals surface area contributed by atoms with Crippen molar-refractivity contribution in [3.05, 3.63) is 0 Å². The van der Waals surface area contributed by atoms with Crippen LogP contribution in [0.3, 0.4) is 0 Å². The molecule has 1 heterocycles. The monoisotopic (exact) mass is 203 g/mol. The number of nitrogens with one attached hydrogen (secondary N) is 2. The van der Waals surface area contributed by atoms with Gasteiger partial charge in [-0.2, -0.15) is 11.8 Å². The summed E-state index contributed by atoms with van der Waals surface area (Å²) in [5, 5.41) is 5.16. The summed E-state index contributed by atoms with van der Waals surface area (Å²) in [6.07, 6.45) is 0. The van der Waals surface area contributed by atoms with Crippen LogP contribution in [0.25, 0.3) is 0 Å². The maximum Gasteiger partial charge on any atom is 0.318 e. The molecule has 0 bridgehead atoms. The van der Waals surface area contributed by atoms with Crippen molar-refractivity contribution in [1.82, 2.24) is 10.6 Å². The highest BCUT2D eigenvalue weighted by atomic mass is 32.2. The molecule has 3 amide bonds. The van der Waals surface area contributed by atoms with E-state index in [1.807, 2.05) is 5.32 Å². The SMILES string of the molecule is NC(=O)NC(=O)CSCC1CNC1. The van der Waals surface area contributed by atoms with E-state index in [0.717, 1.165) is 18.8 Å². The van der Waals surface area contributed by atoms with Crippen molar-refractivity contribution in [3.63, 3.8) is 0 Å². The minimum absolute atomic E-state index is 0.305. The first-order chi connectivity index (χ1) is 6.18. The van der Waals surface area contributed by atoms with Crippen LogP contribution >= 0.6 is 11.8 Å². The molecule has 1 fully saturated rings. The van der Waals surface area contributed by atoms with Crippen LogP contribution in [0, 0.1) is 5.92 Å². The van der Waals surface area contributed by atoms with Crippen LogP contribution in [0.1, 0.15) is 0 Å². The third kappa shape index (κ3) is 4.14. The zero-order valence-corrected chi connectivity index (χ0v) is 8.02. The van der Waals surface area contributed by atoms with Crippen LogP contribution in [0.2, 0.25) is 0 Å². The third-order valence-electron chi connectivity index (χ3n) is 1.72. The number of primary amides is 1. The molecule has 1 aliphatic heterocycles. The van der Waals surface area contributed by atoms with E-state index in [4.69, 9.17) is 5.73 Å². The summed E-state index contributed by atoms with van der Waals surface area (Å²) in [5.74, 6) is 1.62. The number of carbonyl (C=O) groups is 2. The van der Waals surface area contributed by atoms with Gasteiger partial charge in [0.15, 0.2) is 0 Å². The summed E-state index contributed by atoms with van der Waals surface area (Å²) >= 11 is 1.53. The fourth-order valence-electron chi connectivity index (χ4n) is 0.958. The van der Waals surface area contributed by atoms with Gasteiger partial charge >= 0.3 is 6.03 Å². The molecule has 0 spiro atoms. The molecule has 0 saturated carbocycles. The van der Waals surface area contributed by atoms with Gasteiger partial charge in [-0.25, -0.2) is 4.79 Å². The highest BCUT2D eigenvalue weighted by Crippen LogP contribution is 2.11. The van der Waals surface area contributed by atoms with Crippen molar-refractivity contribution >= 4 is 23.7 Å². The Hall–Kier alpha value is -0.750. The lowest BCUT2D eigenvalue weighted by atomic mass is 10.1. The fourth-order valence-corrected chi connectivity index (χ4v) is 1.90. The molecular weight excluding hydrogens is 190 g/mol. The Morgan fingerprint density at radius 1 is 1.54 bits per heavy atom. The van der Waals surface area contributed by atoms with Crippen molar-refractivity contribution in [2.24, 2.45) is 11.7 Å². The van der Waals surface area contributed by atoms with Gasteiger partial charge in [0.25, 0.3) is 0 Å². The number of hydrogen-bond donors (Lipinski definition) is 3. The summed E-state index contributed by atoms with van der Waals surface area (Å²) < 4.78 is 0. The largest absolute Gasteiger partial charge is 0.351 e. The molecule has 1 aliphatic rings. The lowest BCUT2D eigenvalue weighted by molar-refractivity contribution is -0.117. The number of amides is 3. The van der Waals surface area contributed by atoms with Crippen LogP contribution in [0.15, 0.2) is 0 Å². The third-order valence-corrected chi connectivity index (χ3v) is 2.89. The molecule has 0 aromatic heterocycles. The number of rotatable bonds is 4. The van der Waals surface area contributed by atoms with Crippen molar-refractivity contribution in [2.45, 2.75) is 0 Å². The smallest absolute Gasteiger partial charge is 0.318 e. The zero-order chi connectivity index (χ0) is 9.68. The topological polar surface area (TPSA) is 84.2 Å². The van der Waals surface area contributed by atoms with Gasteiger partial charge in [-0.05, 0) is 24.8 Å². The predicted molar refractivity (Wildman–Crippen MR) is 51.4 cm³/mol. The molecule has 1 saturated heterocycles. The molecule has 0 aliphatic carbocycles. The van der Waals surface area contributed by atoms with Crippen molar-refractivity contribution in [3.8, 4) is 0 Å². The fraction of sp³-hybridized carbons (Fsp3) is 0.714. The highest BCUT2D eigenvalue weighted by molar-refractivity contribution is 7.99. The number of hydrogen-bond acceptors (Lipinski definition) is 4. The molecule has 13 heavy (non-hydrogen) atoms. The van der Waals surface area contributed by atoms with Crippen molar-refractivity contribution in [2.75, 3.05) is 24.6 Å². The Labute approximate surface area is 80.8 Å². The van der Waals surface area contributed by atoms with Gasteiger partial charge < -0.3 is 11.1 Å². The molecule has 74 valence electrons. The van der Waals surface area contributed by atoms with E-state index >= 15 is 0 Å². The molecule has 1 rings (SSSR count). The first-order valence-electron chi connectivity index (χ1n) is 4.06. The van der Waals surface area contributed by atoms with Gasteiger partial charge in [0.2, 0.25) is 5.91 Å². The molecule has 0 aromatic rings. The minimum Gasteiger partial charge on any atom is -0.351 e. The lowest BCUT2D eigenvalue weighted by Gasteiger charge is -2.26. The Kier molecular flexibility index (Phi) is 4.04. The molecule has 4 N–H and O–H groups in total. The molecule has 0 unspecified atom stereocenters. The average Bonchev–Trinajstić information content (AvgIpc) is 1.92. The molecular formula is C7H13N3O2S. The van der Waals surface area contributed by atoms with E-state index in [0.29, 0.717) is 11.7 Å². The maximum absolute atomic E-state index is 10.9. The second-order valence-electron chi connectivity index (χ2n) is 2.95. The number of thioether (sulfide) groups is 1. The number of imide groups is 1. The van der Waals surface area contributed by atoms with Gasteiger partial charge in [0.1, 0.15) is 0 Å². The first kappa shape index (κ1) is 10.3. The minimum atomic E-state index is -0.782. The van der Waals surface area contributed by atoms with E-state index in [1.165, 1.54) is 11.8 Å². The lowest BCUT2D eigenvalue weighted by Crippen LogP contribution is -2.43. The summed E-state index contributed by atoms with van der Waals surface area (Å²) in [6, 6.07) is -0.782. The standard InChI is InChI=1S/C7H13N3O2S/c8-7(12)10-6(11)4-13-3-5-1-9-2-5/h5,9H,1-4H2,(H3,8,10,11,12). The summed E-state index contributed by atoms with van der Waals surface area (Å²) in [6.45, 7) is 2.06. The van der Waals surface area contributed by atoms with Crippen molar-refractivity contribution < 1.29 is 9.59 Å². The molecule has 0 radical (unpaired) electrons. The van der Waals surface area contributed by atoms with Crippen LogP contribution in [-0.4, -0.2) is 36.5 Å². The Bertz CT molecular complexity index is 206. The van der Waals surface area contributed by atoms with Gasteiger partial charge in [-0.3, -0.25) is 10.1 Å². The quantitative estimate of drug-likeness (QED) is 0.555. The predicted octanol–water partition coefficient (Wildman–Crippen LogP) is -0.866. The Morgan fingerprint density at radius 3 is 2.69 bits per heavy atom. The van der Waals surface area contributed by atoms with Gasteiger partial charge in [-0.1, -0.05) is 0 Å². The first-order valence-corrected chi connectivity index (χ1v) is 5.21. The van der Waals surface area contributed by atoms with Crippen LogP contribution < -0.4 is 16.4 Å². The van der Waals surface area contributed by atoms with E-state index in [-0.39, 0.29) is 5.91 Å². The van der Waals surface area contributed by atoms with Crippen LogP contribution in [-0.2, 0) is 4.79 Å². The van der Waals surface area contributed by atoms with Crippen molar-refractivity contribution in [1.29, 1.82) is 0 Å². The number of carbonyl (C=O) groups excluding carboxylic acids is 2. The Morgan fingerprint density at radius 2 is 2.23 bits per heavy atom. The van der Waals surface area contributed by atoms with E-state index in [2.05, 4.69) is 5.32 Å². The van der Waals surface area contributed by atoms with E-state index in [1.54, 1.807) is 0 Å². The average molecular weight is 203 g/mol. The summed E-state index contributed by atoms with van der Waals surface area (Å²) in [5.41, 5.74) is 4.77. The second-order valence-corrected chi connectivity index (χ2v) is 3.98. The molecule has 0 atom stereocenters. The number of nitrogens with two attached hydrogens (primary N) is 1. The molecule has 6 heteroatoms. The van der Waals surface area contributed by atoms with Gasteiger partial charge in [0.05, 0.1) is 5.75 Å². The summed E-state index contributed by atoms with van der Waals surface area (Å²) in [7, 11) is 0. The summed E-state index contributed by atoms with van der Waals surface area (Å²) in [4.78, 5) is 21.1. The van der Waals surface area contributed by atoms with E-state index < -0.39 is 6.03 Å². The normalized spacial score (nSPS) is 16.3. The number of urea groups is 1. The van der Waals surface area contributed by atoms with E-state index in [9.17, 15) is 9.59 Å². The van der Waals surface area contributed by atoms with Gasteiger partial charge in [-0.15, -0.1) is 0 Å². The zero-order valence-electron chi connectivity index (χ0n) is 7.21.